The minimum atomic E-state index is -0.873. The van der Waals surface area contributed by atoms with Crippen molar-refractivity contribution in [1.82, 2.24) is 15.1 Å². The molecule has 2 atom stereocenters. The summed E-state index contributed by atoms with van der Waals surface area (Å²) in [5, 5.41) is 12.4. The average molecular weight is 492 g/mol. The van der Waals surface area contributed by atoms with Crippen molar-refractivity contribution in [2.24, 2.45) is 0 Å². The molecule has 1 heterocycles. The van der Waals surface area contributed by atoms with Gasteiger partial charge in [0.2, 0.25) is 0 Å². The van der Waals surface area contributed by atoms with Gasteiger partial charge in [-0.3, -0.25) is 14.5 Å². The van der Waals surface area contributed by atoms with E-state index in [1.165, 1.54) is 12.1 Å². The molecular formula is C25H31ClFN3O4. The number of carboxylic acid groups (broad SMARTS) is 1. The van der Waals surface area contributed by atoms with Gasteiger partial charge in [0, 0.05) is 55.4 Å². The lowest BCUT2D eigenvalue weighted by Crippen LogP contribution is -2.58. The zero-order valence-corrected chi connectivity index (χ0v) is 20.2. The first-order valence-electron chi connectivity index (χ1n) is 11.3. The van der Waals surface area contributed by atoms with Crippen molar-refractivity contribution in [2.45, 2.75) is 45.4 Å². The first-order chi connectivity index (χ1) is 16.2. The van der Waals surface area contributed by atoms with Crippen LogP contribution in [0.15, 0.2) is 42.5 Å². The summed E-state index contributed by atoms with van der Waals surface area (Å²) in [6.45, 7) is 6.69. The molecule has 34 heavy (non-hydrogen) atoms. The lowest BCUT2D eigenvalue weighted by Gasteiger charge is -2.44. The molecule has 0 radical (unpaired) electrons. The molecule has 2 aromatic carbocycles. The van der Waals surface area contributed by atoms with E-state index < -0.39 is 5.97 Å². The SMILES string of the molecule is C[C@@H]1CN(Cc2ccc(F)cc2)[C@@H](C)CN1C(=O)COc1ccc(Cl)cc1CNCCC(=O)O. The zero-order valence-electron chi connectivity index (χ0n) is 19.5. The van der Waals surface area contributed by atoms with Gasteiger partial charge >= 0.3 is 5.97 Å². The molecule has 0 saturated carbocycles. The second-order valence-electron chi connectivity index (χ2n) is 8.66. The Morgan fingerprint density at radius 3 is 2.59 bits per heavy atom. The molecular weight excluding hydrogens is 461 g/mol. The predicted octanol–water partition coefficient (Wildman–Crippen LogP) is 3.54. The van der Waals surface area contributed by atoms with Gasteiger partial charge in [0.05, 0.1) is 6.42 Å². The molecule has 0 spiro atoms. The second-order valence-corrected chi connectivity index (χ2v) is 9.10. The summed E-state index contributed by atoms with van der Waals surface area (Å²) in [6.07, 6.45) is 0.0124. The summed E-state index contributed by atoms with van der Waals surface area (Å²) < 4.78 is 19.0. The lowest BCUT2D eigenvalue weighted by atomic mass is 10.1. The summed E-state index contributed by atoms with van der Waals surface area (Å²) in [7, 11) is 0. The summed E-state index contributed by atoms with van der Waals surface area (Å²) in [5.74, 6) is -0.681. The van der Waals surface area contributed by atoms with Crippen LogP contribution in [0.1, 0.15) is 31.4 Å². The number of halogens is 2. The average Bonchev–Trinajstić information content (AvgIpc) is 2.79. The van der Waals surface area contributed by atoms with Crippen LogP contribution in [-0.2, 0) is 22.7 Å². The Kier molecular flexibility index (Phi) is 9.27. The molecule has 3 rings (SSSR count). The normalized spacial score (nSPS) is 18.6. The van der Waals surface area contributed by atoms with E-state index in [1.807, 2.05) is 11.8 Å². The summed E-state index contributed by atoms with van der Waals surface area (Å²) >= 11 is 6.10. The standard InChI is InChI=1S/C25H31ClFN3O4/c1-17-14-30(18(2)13-29(17)15-19-3-6-22(27)7-4-19)24(31)16-34-23-8-5-21(26)11-20(23)12-28-10-9-25(32)33/h3-8,11,17-18,28H,9-10,12-16H2,1-2H3,(H,32,33)/t17-,18+/m0/s1. The van der Waals surface area contributed by atoms with Crippen LogP contribution in [0.3, 0.4) is 0 Å². The van der Waals surface area contributed by atoms with Gasteiger partial charge < -0.3 is 20.1 Å². The van der Waals surface area contributed by atoms with Crippen molar-refractivity contribution in [3.05, 3.63) is 64.4 Å². The Morgan fingerprint density at radius 1 is 1.15 bits per heavy atom. The minimum absolute atomic E-state index is 0.00937. The number of benzene rings is 2. The zero-order chi connectivity index (χ0) is 24.7. The molecule has 1 amide bonds. The Labute approximate surface area is 204 Å². The second kappa shape index (κ2) is 12.1. The third kappa shape index (κ3) is 7.41. The van der Waals surface area contributed by atoms with Crippen molar-refractivity contribution in [2.75, 3.05) is 26.2 Å². The number of rotatable bonds is 10. The van der Waals surface area contributed by atoms with E-state index >= 15 is 0 Å². The van der Waals surface area contributed by atoms with E-state index in [1.54, 1.807) is 30.3 Å². The van der Waals surface area contributed by atoms with Crippen LogP contribution in [0.2, 0.25) is 5.02 Å². The molecule has 2 aromatic rings. The van der Waals surface area contributed by atoms with Gasteiger partial charge in [-0.25, -0.2) is 4.39 Å². The Bertz CT molecular complexity index is 989. The van der Waals surface area contributed by atoms with E-state index in [2.05, 4.69) is 17.1 Å². The van der Waals surface area contributed by atoms with Crippen molar-refractivity contribution >= 4 is 23.5 Å². The number of carbonyl (C=O) groups excluding carboxylic acids is 1. The predicted molar refractivity (Wildman–Crippen MR) is 128 cm³/mol. The topological polar surface area (TPSA) is 82.1 Å². The molecule has 9 heteroatoms. The largest absolute Gasteiger partial charge is 0.483 e. The van der Waals surface area contributed by atoms with Gasteiger partial charge in [-0.05, 0) is 49.7 Å². The maximum atomic E-state index is 13.2. The highest BCUT2D eigenvalue weighted by atomic mass is 35.5. The Hall–Kier alpha value is -2.68. The number of ether oxygens (including phenoxy) is 1. The van der Waals surface area contributed by atoms with Crippen LogP contribution in [0.4, 0.5) is 4.39 Å². The number of carboxylic acids is 1. The number of hydrogen-bond acceptors (Lipinski definition) is 5. The van der Waals surface area contributed by atoms with Crippen LogP contribution in [0.25, 0.3) is 0 Å². The number of hydrogen-bond donors (Lipinski definition) is 2. The van der Waals surface area contributed by atoms with E-state index in [-0.39, 0.29) is 36.8 Å². The molecule has 0 aromatic heterocycles. The summed E-state index contributed by atoms with van der Waals surface area (Å²) in [5.41, 5.74) is 1.80. The van der Waals surface area contributed by atoms with Crippen LogP contribution < -0.4 is 10.1 Å². The molecule has 0 unspecified atom stereocenters. The number of carbonyl (C=O) groups is 2. The van der Waals surface area contributed by atoms with E-state index in [9.17, 15) is 14.0 Å². The van der Waals surface area contributed by atoms with Gasteiger partial charge in [-0.1, -0.05) is 23.7 Å². The summed E-state index contributed by atoms with van der Waals surface area (Å²) in [6, 6.07) is 11.8. The van der Waals surface area contributed by atoms with Crippen LogP contribution in [0.5, 0.6) is 5.75 Å². The van der Waals surface area contributed by atoms with Gasteiger partial charge in [0.25, 0.3) is 5.91 Å². The number of nitrogens with zero attached hydrogens (tertiary/aromatic N) is 2. The van der Waals surface area contributed by atoms with Crippen LogP contribution in [-0.4, -0.2) is 65.1 Å². The molecule has 1 fully saturated rings. The fourth-order valence-corrected chi connectivity index (χ4v) is 4.25. The van der Waals surface area contributed by atoms with Crippen LogP contribution in [0, 0.1) is 5.82 Å². The highest BCUT2D eigenvalue weighted by Crippen LogP contribution is 2.24. The van der Waals surface area contributed by atoms with Gasteiger partial charge in [-0.2, -0.15) is 0 Å². The molecule has 0 aliphatic carbocycles. The molecule has 1 aliphatic rings. The van der Waals surface area contributed by atoms with Gasteiger partial charge in [0.15, 0.2) is 6.61 Å². The van der Waals surface area contributed by atoms with Crippen LogP contribution >= 0.6 is 11.6 Å². The quantitative estimate of drug-likeness (QED) is 0.495. The Morgan fingerprint density at radius 2 is 1.88 bits per heavy atom. The first-order valence-corrected chi connectivity index (χ1v) is 11.7. The molecule has 7 nitrogen and oxygen atoms in total. The Balaban J connectivity index is 1.54. The highest BCUT2D eigenvalue weighted by molar-refractivity contribution is 6.30. The molecule has 0 bridgehead atoms. The van der Waals surface area contributed by atoms with Gasteiger partial charge in [0.1, 0.15) is 11.6 Å². The summed E-state index contributed by atoms with van der Waals surface area (Å²) in [4.78, 5) is 27.8. The van der Waals surface area contributed by atoms with E-state index in [4.69, 9.17) is 21.4 Å². The molecule has 1 aliphatic heterocycles. The fourth-order valence-electron chi connectivity index (χ4n) is 4.06. The number of nitrogens with one attached hydrogen (secondary N) is 1. The maximum Gasteiger partial charge on any atom is 0.304 e. The first kappa shape index (κ1) is 25.9. The maximum absolute atomic E-state index is 13.2. The van der Waals surface area contributed by atoms with Crippen molar-refractivity contribution in [1.29, 1.82) is 0 Å². The van der Waals surface area contributed by atoms with Crippen molar-refractivity contribution in [3.8, 4) is 5.75 Å². The fraction of sp³-hybridized carbons (Fsp3) is 0.440. The van der Waals surface area contributed by atoms with Crippen molar-refractivity contribution in [3.63, 3.8) is 0 Å². The van der Waals surface area contributed by atoms with E-state index in [0.717, 1.165) is 11.1 Å². The molecule has 184 valence electrons. The van der Waals surface area contributed by atoms with E-state index in [0.29, 0.717) is 43.5 Å². The monoisotopic (exact) mass is 491 g/mol. The third-order valence-corrected chi connectivity index (χ3v) is 6.17. The van der Waals surface area contributed by atoms with Gasteiger partial charge in [-0.15, -0.1) is 0 Å². The minimum Gasteiger partial charge on any atom is -0.483 e. The van der Waals surface area contributed by atoms with Crippen molar-refractivity contribution < 1.29 is 23.8 Å². The molecule has 2 N–H and O–H groups in total. The third-order valence-electron chi connectivity index (χ3n) is 5.94. The smallest absolute Gasteiger partial charge is 0.304 e. The number of amides is 1. The number of aliphatic carboxylic acids is 1. The number of piperazine rings is 1. The highest BCUT2D eigenvalue weighted by Gasteiger charge is 2.32. The lowest BCUT2D eigenvalue weighted by molar-refractivity contribution is -0.139. The molecule has 1 saturated heterocycles.